The third-order valence-electron chi connectivity index (χ3n) is 2.55. The minimum atomic E-state index is -0.726. The summed E-state index contributed by atoms with van der Waals surface area (Å²) < 4.78 is 9.07. The lowest BCUT2D eigenvalue weighted by Crippen LogP contribution is -2.16. The second-order valence-electron chi connectivity index (χ2n) is 3.96. The van der Waals surface area contributed by atoms with E-state index in [2.05, 4.69) is 14.8 Å². The maximum atomic E-state index is 11.6. The molecule has 6 heteroatoms. The van der Waals surface area contributed by atoms with Crippen molar-refractivity contribution in [3.8, 4) is 0 Å². The number of hydrogen-bond donors (Lipinski definition) is 2. The number of carbonyl (C=O) groups excluding carboxylic acids is 2. The lowest BCUT2D eigenvalue weighted by atomic mass is 10.1. The maximum absolute atomic E-state index is 11.6. The fourth-order valence-electron chi connectivity index (χ4n) is 1.55. The van der Waals surface area contributed by atoms with Gasteiger partial charge in [-0.15, -0.1) is 0 Å². The number of ether oxygens (including phenoxy) is 2. The molecule has 1 atom stereocenters. The molecule has 1 aromatic rings. The van der Waals surface area contributed by atoms with Crippen molar-refractivity contribution in [3.63, 3.8) is 0 Å². The van der Waals surface area contributed by atoms with Gasteiger partial charge in [0.05, 0.1) is 26.4 Å². The van der Waals surface area contributed by atoms with Gasteiger partial charge in [0.2, 0.25) is 0 Å². The van der Waals surface area contributed by atoms with Crippen molar-refractivity contribution in [2.75, 3.05) is 19.5 Å². The van der Waals surface area contributed by atoms with Crippen LogP contribution in [0.5, 0.6) is 0 Å². The minimum absolute atomic E-state index is 0.0764. The van der Waals surface area contributed by atoms with E-state index >= 15 is 0 Å². The van der Waals surface area contributed by atoms with E-state index in [0.29, 0.717) is 11.3 Å². The highest BCUT2D eigenvalue weighted by Crippen LogP contribution is 2.23. The summed E-state index contributed by atoms with van der Waals surface area (Å²) in [6, 6.07) is 6.88. The van der Waals surface area contributed by atoms with E-state index in [0.717, 1.165) is 6.08 Å². The van der Waals surface area contributed by atoms with Gasteiger partial charge in [-0.05, 0) is 13.0 Å². The molecule has 0 fully saturated rings. The number of methoxy groups -OCH3 is 2. The molecule has 0 aliphatic carbocycles. The fourth-order valence-corrected chi connectivity index (χ4v) is 1.55. The van der Waals surface area contributed by atoms with Crippen LogP contribution >= 0.6 is 0 Å². The molecule has 6 nitrogen and oxygen atoms in total. The van der Waals surface area contributed by atoms with Crippen molar-refractivity contribution in [2.45, 2.75) is 13.0 Å². The van der Waals surface area contributed by atoms with Crippen LogP contribution in [-0.2, 0) is 19.1 Å². The summed E-state index contributed by atoms with van der Waals surface area (Å²) in [5.74, 6) is -1.40. The number of para-hydroxylation sites is 1. The minimum Gasteiger partial charge on any atom is -0.466 e. The van der Waals surface area contributed by atoms with Gasteiger partial charge in [-0.25, -0.2) is 9.59 Å². The number of anilines is 1. The van der Waals surface area contributed by atoms with Crippen LogP contribution in [0, 0.1) is 0 Å². The topological polar surface area (TPSA) is 84.9 Å². The Morgan fingerprint density at radius 3 is 2.45 bits per heavy atom. The normalized spacial score (nSPS) is 12.5. The molecule has 1 rings (SSSR count). The lowest BCUT2D eigenvalue weighted by Gasteiger charge is -2.14. The highest BCUT2D eigenvalue weighted by molar-refractivity contribution is 5.98. The van der Waals surface area contributed by atoms with Crippen molar-refractivity contribution < 1.29 is 24.2 Å². The van der Waals surface area contributed by atoms with Crippen LogP contribution in [0.3, 0.4) is 0 Å². The third kappa shape index (κ3) is 4.10. The number of rotatable bonds is 5. The van der Waals surface area contributed by atoms with Crippen LogP contribution in [0.25, 0.3) is 0 Å². The fraction of sp³-hybridized carbons (Fsp3) is 0.286. The first kappa shape index (κ1) is 15.7. The summed E-state index contributed by atoms with van der Waals surface area (Å²) in [7, 11) is 2.41. The number of benzene rings is 1. The van der Waals surface area contributed by atoms with Crippen molar-refractivity contribution >= 4 is 17.6 Å². The number of aliphatic hydroxyl groups excluding tert-OH is 1. The molecule has 0 spiro atoms. The van der Waals surface area contributed by atoms with Gasteiger partial charge in [0.25, 0.3) is 0 Å². The van der Waals surface area contributed by atoms with E-state index in [4.69, 9.17) is 0 Å². The smallest absolute Gasteiger partial charge is 0.354 e. The molecule has 0 aromatic heterocycles. The predicted molar refractivity (Wildman–Crippen MR) is 72.8 cm³/mol. The molecule has 0 aliphatic rings. The summed E-state index contributed by atoms with van der Waals surface area (Å²) in [6.45, 7) is 1.60. The second kappa shape index (κ2) is 7.30. The number of esters is 2. The zero-order valence-electron chi connectivity index (χ0n) is 11.5. The predicted octanol–water partition coefficient (Wildman–Crippen LogP) is 1.38. The molecule has 0 saturated heterocycles. The Kier molecular flexibility index (Phi) is 5.74. The Morgan fingerprint density at radius 2 is 1.90 bits per heavy atom. The van der Waals surface area contributed by atoms with E-state index in [1.807, 2.05) is 0 Å². The second-order valence-corrected chi connectivity index (χ2v) is 3.96. The van der Waals surface area contributed by atoms with Gasteiger partial charge in [0.1, 0.15) is 5.70 Å². The Labute approximate surface area is 117 Å². The van der Waals surface area contributed by atoms with Crippen LogP contribution in [0.1, 0.15) is 18.6 Å². The molecule has 0 aliphatic heterocycles. The molecule has 20 heavy (non-hydrogen) atoms. The molecular formula is C14H17NO5. The molecule has 0 amide bonds. The Morgan fingerprint density at radius 1 is 1.25 bits per heavy atom. The molecule has 0 heterocycles. The summed E-state index contributed by atoms with van der Waals surface area (Å²) in [6.07, 6.45) is 0.265. The summed E-state index contributed by atoms with van der Waals surface area (Å²) in [5.41, 5.74) is 1.02. The van der Waals surface area contributed by atoms with E-state index in [1.54, 1.807) is 31.2 Å². The molecule has 1 aromatic carbocycles. The zero-order valence-corrected chi connectivity index (χ0v) is 11.5. The zero-order chi connectivity index (χ0) is 15.1. The number of nitrogens with one attached hydrogen (secondary N) is 1. The van der Waals surface area contributed by atoms with Crippen molar-refractivity contribution in [2.24, 2.45) is 0 Å². The van der Waals surface area contributed by atoms with Crippen molar-refractivity contribution in [1.29, 1.82) is 0 Å². The van der Waals surface area contributed by atoms with Crippen molar-refractivity contribution in [1.82, 2.24) is 0 Å². The average molecular weight is 279 g/mol. The highest BCUT2D eigenvalue weighted by atomic mass is 16.5. The molecule has 0 bridgehead atoms. The lowest BCUT2D eigenvalue weighted by molar-refractivity contribution is -0.138. The summed E-state index contributed by atoms with van der Waals surface area (Å²) >= 11 is 0. The van der Waals surface area contributed by atoms with Gasteiger partial charge in [-0.2, -0.15) is 0 Å². The Balaban J connectivity index is 3.11. The van der Waals surface area contributed by atoms with Gasteiger partial charge < -0.3 is 19.9 Å². The SMILES string of the molecule is COC(=O)/C=C(/Nc1ccccc1C(C)O)C(=O)OC. The van der Waals surface area contributed by atoms with E-state index in [-0.39, 0.29) is 5.70 Å². The first-order valence-corrected chi connectivity index (χ1v) is 5.91. The average Bonchev–Trinajstić information content (AvgIpc) is 2.45. The van der Waals surface area contributed by atoms with E-state index in [1.165, 1.54) is 14.2 Å². The monoisotopic (exact) mass is 279 g/mol. The van der Waals surface area contributed by atoms with Crippen LogP contribution in [0.4, 0.5) is 5.69 Å². The number of aliphatic hydroxyl groups is 1. The van der Waals surface area contributed by atoms with Gasteiger partial charge in [0.15, 0.2) is 0 Å². The first-order chi connectivity index (χ1) is 9.49. The first-order valence-electron chi connectivity index (χ1n) is 5.91. The number of carbonyl (C=O) groups is 2. The summed E-state index contributed by atoms with van der Waals surface area (Å²) in [4.78, 5) is 22.9. The van der Waals surface area contributed by atoms with E-state index in [9.17, 15) is 14.7 Å². The Bertz CT molecular complexity index is 522. The standard InChI is InChI=1S/C14H17NO5/c1-9(16)10-6-4-5-7-11(10)15-12(14(18)20-3)8-13(17)19-2/h4-9,15-16H,1-3H3/b12-8+. The Hall–Kier alpha value is -2.34. The van der Waals surface area contributed by atoms with E-state index < -0.39 is 18.0 Å². The summed E-state index contributed by atoms with van der Waals surface area (Å²) in [5, 5.41) is 12.4. The highest BCUT2D eigenvalue weighted by Gasteiger charge is 2.15. The molecule has 2 N–H and O–H groups in total. The molecule has 0 radical (unpaired) electrons. The quantitative estimate of drug-likeness (QED) is 0.625. The molecule has 0 saturated carbocycles. The van der Waals surface area contributed by atoms with Crippen LogP contribution < -0.4 is 5.32 Å². The molecular weight excluding hydrogens is 262 g/mol. The molecule has 1 unspecified atom stereocenters. The third-order valence-corrected chi connectivity index (χ3v) is 2.55. The van der Waals surface area contributed by atoms with Gasteiger partial charge in [0, 0.05) is 11.3 Å². The van der Waals surface area contributed by atoms with Crippen LogP contribution in [0.15, 0.2) is 36.0 Å². The molecule has 108 valence electrons. The van der Waals surface area contributed by atoms with Gasteiger partial charge in [-0.3, -0.25) is 0 Å². The van der Waals surface area contributed by atoms with Crippen LogP contribution in [-0.4, -0.2) is 31.3 Å². The van der Waals surface area contributed by atoms with Gasteiger partial charge in [-0.1, -0.05) is 18.2 Å². The van der Waals surface area contributed by atoms with Crippen molar-refractivity contribution in [3.05, 3.63) is 41.6 Å². The van der Waals surface area contributed by atoms with Crippen LogP contribution in [0.2, 0.25) is 0 Å². The largest absolute Gasteiger partial charge is 0.466 e. The number of hydrogen-bond acceptors (Lipinski definition) is 6. The maximum Gasteiger partial charge on any atom is 0.354 e. The van der Waals surface area contributed by atoms with Gasteiger partial charge >= 0.3 is 11.9 Å².